The zero-order valence-electron chi connectivity index (χ0n) is 15.3. The zero-order chi connectivity index (χ0) is 19.2. The second kappa shape index (κ2) is 7.20. The fourth-order valence-electron chi connectivity index (χ4n) is 3.71. The molecule has 1 N–H and O–H groups in total. The molecule has 1 amide bonds. The van der Waals surface area contributed by atoms with E-state index in [9.17, 15) is 14.3 Å². The second-order valence-corrected chi connectivity index (χ2v) is 9.60. The Labute approximate surface area is 166 Å². The largest absolute Gasteiger partial charge is 0.393 e. The molecule has 0 spiro atoms. The molecule has 0 bridgehead atoms. The summed E-state index contributed by atoms with van der Waals surface area (Å²) in [6.45, 7) is 2.54. The molecule has 4 rings (SSSR count). The number of hydrogen-bond donors (Lipinski definition) is 1. The monoisotopic (exact) mass is 407 g/mol. The molecule has 1 fully saturated rings. The van der Waals surface area contributed by atoms with Crippen molar-refractivity contribution in [2.45, 2.75) is 53.4 Å². The van der Waals surface area contributed by atoms with Gasteiger partial charge in [-0.05, 0) is 54.5 Å². The lowest BCUT2D eigenvalue weighted by Gasteiger charge is -2.36. The number of carbonyl (C=O) groups excluding carboxylic acids is 1. The van der Waals surface area contributed by atoms with Crippen molar-refractivity contribution in [3.8, 4) is 0 Å². The Hall–Kier alpha value is -1.41. The molecule has 0 aliphatic carbocycles. The smallest absolute Gasteiger partial charge is 0.227 e. The molecule has 0 radical (unpaired) electrons. The van der Waals surface area contributed by atoms with Gasteiger partial charge >= 0.3 is 0 Å². The van der Waals surface area contributed by atoms with Gasteiger partial charge in [0, 0.05) is 30.5 Å². The van der Waals surface area contributed by atoms with Crippen LogP contribution in [0.15, 0.2) is 32.7 Å². The lowest BCUT2D eigenvalue weighted by Crippen LogP contribution is -2.36. The van der Waals surface area contributed by atoms with Crippen LogP contribution in [0.25, 0.3) is 0 Å². The first kappa shape index (κ1) is 18.9. The van der Waals surface area contributed by atoms with Gasteiger partial charge in [0.1, 0.15) is 5.82 Å². The standard InChI is InChI=1S/C20H22FNO3S2/c1-20(10-14(23)5-6-25-20)13-8-19(26-11-13)27-17-7-12-3-4-18(24)22(2)16(12)9-15(17)21/h7-9,11,14,23H,3-6,10H2,1-2H3. The number of halogens is 1. The number of rotatable bonds is 3. The average molecular weight is 408 g/mol. The van der Waals surface area contributed by atoms with Gasteiger partial charge in [0.15, 0.2) is 0 Å². The van der Waals surface area contributed by atoms with Crippen LogP contribution in [-0.4, -0.2) is 30.8 Å². The normalized spacial score (nSPS) is 25.6. The summed E-state index contributed by atoms with van der Waals surface area (Å²) in [4.78, 5) is 13.9. The van der Waals surface area contributed by atoms with Crippen LogP contribution in [0, 0.1) is 5.82 Å². The summed E-state index contributed by atoms with van der Waals surface area (Å²) in [6, 6.07) is 5.35. The highest BCUT2D eigenvalue weighted by molar-refractivity contribution is 8.01. The maximum atomic E-state index is 14.6. The highest BCUT2D eigenvalue weighted by Crippen LogP contribution is 2.42. The zero-order valence-corrected chi connectivity index (χ0v) is 17.0. The summed E-state index contributed by atoms with van der Waals surface area (Å²) in [5.74, 6) is -0.293. The van der Waals surface area contributed by atoms with E-state index in [1.54, 1.807) is 18.4 Å². The lowest BCUT2D eigenvalue weighted by molar-refractivity contribution is -0.118. The van der Waals surface area contributed by atoms with Gasteiger partial charge in [-0.1, -0.05) is 11.8 Å². The number of thiophene rings is 1. The van der Waals surface area contributed by atoms with Crippen LogP contribution in [0.1, 0.15) is 37.3 Å². The fraction of sp³-hybridized carbons (Fsp3) is 0.450. The van der Waals surface area contributed by atoms with E-state index < -0.39 is 5.60 Å². The van der Waals surface area contributed by atoms with Crippen LogP contribution in [0.4, 0.5) is 10.1 Å². The molecule has 2 aliphatic rings. The molecular weight excluding hydrogens is 385 g/mol. The van der Waals surface area contributed by atoms with Crippen molar-refractivity contribution >= 4 is 34.7 Å². The van der Waals surface area contributed by atoms with Gasteiger partial charge in [-0.15, -0.1) is 11.3 Å². The molecule has 7 heteroatoms. The van der Waals surface area contributed by atoms with Crippen LogP contribution >= 0.6 is 23.1 Å². The number of aliphatic hydroxyl groups excluding tert-OH is 1. The summed E-state index contributed by atoms with van der Waals surface area (Å²) in [7, 11) is 1.69. The molecule has 4 nitrogen and oxygen atoms in total. The van der Waals surface area contributed by atoms with E-state index in [0.717, 1.165) is 15.3 Å². The Kier molecular flexibility index (Phi) is 5.05. The third kappa shape index (κ3) is 3.66. The van der Waals surface area contributed by atoms with E-state index >= 15 is 0 Å². The number of aryl methyl sites for hydroxylation is 1. The summed E-state index contributed by atoms with van der Waals surface area (Å²) in [5, 5.41) is 12.0. The minimum Gasteiger partial charge on any atom is -0.393 e. The molecular formula is C20H22FNO3S2. The first-order chi connectivity index (χ1) is 12.9. The van der Waals surface area contributed by atoms with E-state index in [-0.39, 0.29) is 17.8 Å². The third-order valence-corrected chi connectivity index (χ3v) is 7.48. The Morgan fingerprint density at radius 2 is 2.19 bits per heavy atom. The summed E-state index contributed by atoms with van der Waals surface area (Å²) in [5.41, 5.74) is 2.20. The maximum absolute atomic E-state index is 14.6. The molecule has 1 saturated heterocycles. The lowest BCUT2D eigenvalue weighted by atomic mass is 9.89. The average Bonchev–Trinajstić information content (AvgIpc) is 3.09. The minimum absolute atomic E-state index is 0.0214. The Morgan fingerprint density at radius 3 is 2.96 bits per heavy atom. The first-order valence-corrected chi connectivity index (χ1v) is 10.7. The molecule has 3 heterocycles. The molecule has 2 unspecified atom stereocenters. The number of ether oxygens (including phenoxy) is 1. The molecule has 2 aromatic rings. The van der Waals surface area contributed by atoms with Crippen LogP contribution in [0.2, 0.25) is 0 Å². The van der Waals surface area contributed by atoms with Gasteiger partial charge in [-0.2, -0.15) is 0 Å². The summed E-state index contributed by atoms with van der Waals surface area (Å²) in [6.07, 6.45) is 1.99. The number of fused-ring (bicyclic) bond motifs is 1. The number of nitrogens with zero attached hydrogens (tertiary/aromatic N) is 1. The Balaban J connectivity index is 1.57. The van der Waals surface area contributed by atoms with Gasteiger partial charge in [0.25, 0.3) is 0 Å². The van der Waals surface area contributed by atoms with Crippen LogP contribution in [0.3, 0.4) is 0 Å². The molecule has 2 aliphatic heterocycles. The highest BCUT2D eigenvalue weighted by atomic mass is 32.2. The van der Waals surface area contributed by atoms with E-state index in [4.69, 9.17) is 4.74 Å². The van der Waals surface area contributed by atoms with Gasteiger partial charge in [-0.3, -0.25) is 4.79 Å². The van der Waals surface area contributed by atoms with Gasteiger partial charge in [-0.25, -0.2) is 4.39 Å². The Bertz CT molecular complexity index is 884. The molecule has 1 aromatic carbocycles. The number of benzene rings is 1. The van der Waals surface area contributed by atoms with E-state index in [1.165, 1.54) is 22.7 Å². The number of carbonyl (C=O) groups is 1. The van der Waals surface area contributed by atoms with Crippen molar-refractivity contribution in [2.24, 2.45) is 0 Å². The number of hydrogen-bond acceptors (Lipinski definition) is 5. The van der Waals surface area contributed by atoms with Crippen molar-refractivity contribution in [1.82, 2.24) is 0 Å². The van der Waals surface area contributed by atoms with Crippen molar-refractivity contribution in [3.05, 3.63) is 40.5 Å². The number of anilines is 1. The van der Waals surface area contributed by atoms with E-state index in [1.807, 2.05) is 24.4 Å². The van der Waals surface area contributed by atoms with Crippen molar-refractivity contribution < 1.29 is 19.0 Å². The predicted molar refractivity (Wildman–Crippen MR) is 105 cm³/mol. The second-order valence-electron chi connectivity index (χ2n) is 7.35. The predicted octanol–water partition coefficient (Wildman–Crippen LogP) is 4.33. The van der Waals surface area contributed by atoms with Gasteiger partial charge < -0.3 is 14.7 Å². The Morgan fingerprint density at radius 1 is 1.37 bits per heavy atom. The highest BCUT2D eigenvalue weighted by Gasteiger charge is 2.35. The SMILES string of the molecule is CN1C(=O)CCc2cc(Sc3cc(C4(C)CC(O)CCO4)cs3)c(F)cc21. The van der Waals surface area contributed by atoms with Crippen molar-refractivity contribution in [1.29, 1.82) is 0 Å². The van der Waals surface area contributed by atoms with Crippen LogP contribution in [-0.2, 0) is 21.6 Å². The van der Waals surface area contributed by atoms with Crippen molar-refractivity contribution in [3.63, 3.8) is 0 Å². The third-order valence-electron chi connectivity index (χ3n) is 5.37. The number of aliphatic hydroxyl groups is 1. The molecule has 1 aromatic heterocycles. The van der Waals surface area contributed by atoms with E-state index in [0.29, 0.717) is 42.9 Å². The molecule has 144 valence electrons. The molecule has 27 heavy (non-hydrogen) atoms. The van der Waals surface area contributed by atoms with Crippen molar-refractivity contribution in [2.75, 3.05) is 18.6 Å². The van der Waals surface area contributed by atoms with E-state index in [2.05, 4.69) is 0 Å². The van der Waals surface area contributed by atoms with Gasteiger partial charge in [0.05, 0.1) is 22.5 Å². The maximum Gasteiger partial charge on any atom is 0.227 e. The van der Waals surface area contributed by atoms with Crippen LogP contribution < -0.4 is 4.90 Å². The fourth-order valence-corrected chi connectivity index (χ4v) is 5.83. The summed E-state index contributed by atoms with van der Waals surface area (Å²) < 4.78 is 21.6. The number of amides is 1. The molecule has 0 saturated carbocycles. The first-order valence-electron chi connectivity index (χ1n) is 9.03. The minimum atomic E-state index is -0.496. The molecule has 2 atom stereocenters. The van der Waals surface area contributed by atoms with Gasteiger partial charge in [0.2, 0.25) is 5.91 Å². The summed E-state index contributed by atoms with van der Waals surface area (Å²) >= 11 is 2.95. The quantitative estimate of drug-likeness (QED) is 0.823. The topological polar surface area (TPSA) is 49.8 Å². The van der Waals surface area contributed by atoms with Crippen LogP contribution in [0.5, 0.6) is 0 Å².